The number of rotatable bonds is 8. The van der Waals surface area contributed by atoms with Crippen LogP contribution in [-0.4, -0.2) is 27.8 Å². The van der Waals surface area contributed by atoms with Crippen LogP contribution in [0.2, 0.25) is 0 Å². The summed E-state index contributed by atoms with van der Waals surface area (Å²) in [5.74, 6) is 0.771. The van der Waals surface area contributed by atoms with E-state index in [2.05, 4.69) is 10.1 Å². The van der Waals surface area contributed by atoms with Gasteiger partial charge in [0.1, 0.15) is 6.10 Å². The third-order valence-electron chi connectivity index (χ3n) is 3.18. The van der Waals surface area contributed by atoms with E-state index in [-0.39, 0.29) is 18.4 Å². The molecular weight excluding hydrogens is 248 g/mol. The Hall–Kier alpha value is -1.43. The van der Waals surface area contributed by atoms with Crippen LogP contribution in [0.1, 0.15) is 50.9 Å². The third-order valence-corrected chi connectivity index (χ3v) is 3.18. The van der Waals surface area contributed by atoms with Crippen molar-refractivity contribution in [3.8, 4) is 0 Å². The molecule has 2 unspecified atom stereocenters. The van der Waals surface area contributed by atoms with Crippen molar-refractivity contribution in [2.45, 2.75) is 45.6 Å². The molecule has 0 radical (unpaired) electrons. The highest BCUT2D eigenvalue weighted by Crippen LogP contribution is 2.42. The van der Waals surface area contributed by atoms with Crippen LogP contribution in [0.3, 0.4) is 0 Å². The highest BCUT2D eigenvalue weighted by Gasteiger charge is 2.36. The van der Waals surface area contributed by atoms with Crippen LogP contribution < -0.4 is 0 Å². The summed E-state index contributed by atoms with van der Waals surface area (Å²) in [4.78, 5) is 15.0. The number of carboxylic acids is 1. The zero-order valence-corrected chi connectivity index (χ0v) is 11.3. The van der Waals surface area contributed by atoms with Gasteiger partial charge in [0.2, 0.25) is 11.7 Å². The number of aliphatic carboxylic acids is 1. The Bertz CT molecular complexity index is 428. The van der Waals surface area contributed by atoms with Crippen molar-refractivity contribution in [1.29, 1.82) is 0 Å². The molecule has 1 aromatic heterocycles. The fraction of sp³-hybridized carbons (Fsp3) is 0.769. The molecule has 106 valence electrons. The van der Waals surface area contributed by atoms with Gasteiger partial charge in [-0.3, -0.25) is 4.79 Å². The van der Waals surface area contributed by atoms with Crippen LogP contribution in [0.15, 0.2) is 4.52 Å². The van der Waals surface area contributed by atoms with Gasteiger partial charge in [0, 0.05) is 19.4 Å². The second kappa shape index (κ2) is 6.14. The zero-order valence-electron chi connectivity index (χ0n) is 11.3. The summed E-state index contributed by atoms with van der Waals surface area (Å²) in [7, 11) is 0. The van der Waals surface area contributed by atoms with E-state index in [9.17, 15) is 4.79 Å². The smallest absolute Gasteiger partial charge is 0.303 e. The van der Waals surface area contributed by atoms with Gasteiger partial charge in [-0.25, -0.2) is 0 Å². The lowest BCUT2D eigenvalue weighted by molar-refractivity contribution is -0.137. The van der Waals surface area contributed by atoms with E-state index < -0.39 is 5.97 Å². The predicted molar refractivity (Wildman–Crippen MR) is 66.5 cm³/mol. The summed E-state index contributed by atoms with van der Waals surface area (Å²) in [6, 6.07) is 0. The van der Waals surface area contributed by atoms with Gasteiger partial charge in [0.05, 0.1) is 0 Å². The number of hydrogen-bond acceptors (Lipinski definition) is 5. The van der Waals surface area contributed by atoms with E-state index in [0.29, 0.717) is 30.7 Å². The molecule has 1 heterocycles. The van der Waals surface area contributed by atoms with Crippen molar-refractivity contribution in [3.05, 3.63) is 11.7 Å². The molecule has 2 rings (SSSR count). The summed E-state index contributed by atoms with van der Waals surface area (Å²) in [6.07, 6.45) is 2.81. The molecule has 1 aliphatic rings. The fourth-order valence-electron chi connectivity index (χ4n) is 2.13. The van der Waals surface area contributed by atoms with Crippen molar-refractivity contribution >= 4 is 5.97 Å². The summed E-state index contributed by atoms with van der Waals surface area (Å²) in [6.45, 7) is 4.44. The molecule has 0 amide bonds. The molecule has 1 aliphatic carbocycles. The van der Waals surface area contributed by atoms with Crippen molar-refractivity contribution in [3.63, 3.8) is 0 Å². The minimum absolute atomic E-state index is 0.0164. The zero-order chi connectivity index (χ0) is 13.8. The molecule has 2 atom stereocenters. The molecule has 1 N–H and O–H groups in total. The first-order valence-electron chi connectivity index (χ1n) is 6.76. The molecule has 6 nitrogen and oxygen atoms in total. The van der Waals surface area contributed by atoms with Gasteiger partial charge < -0.3 is 14.4 Å². The monoisotopic (exact) mass is 268 g/mol. The lowest BCUT2D eigenvalue weighted by Crippen LogP contribution is -2.09. The van der Waals surface area contributed by atoms with Gasteiger partial charge in [0.25, 0.3) is 0 Å². The third kappa shape index (κ3) is 4.02. The molecule has 0 spiro atoms. The van der Waals surface area contributed by atoms with Crippen LogP contribution in [0.25, 0.3) is 0 Å². The maximum atomic E-state index is 10.6. The normalized spacial score (nSPS) is 18.2. The Morgan fingerprint density at radius 1 is 1.58 bits per heavy atom. The first-order chi connectivity index (χ1) is 9.10. The Balaban J connectivity index is 1.95. The lowest BCUT2D eigenvalue weighted by atomic mass is 10.0. The molecule has 0 aromatic carbocycles. The van der Waals surface area contributed by atoms with Crippen LogP contribution in [-0.2, 0) is 16.0 Å². The SMILES string of the molecule is CCOC(c1noc(CC(C)CC(=O)O)n1)C1CC1. The summed E-state index contributed by atoms with van der Waals surface area (Å²) in [5, 5.41) is 12.7. The number of nitrogens with zero attached hydrogens (tertiary/aromatic N) is 2. The quantitative estimate of drug-likeness (QED) is 0.778. The van der Waals surface area contributed by atoms with E-state index >= 15 is 0 Å². The van der Waals surface area contributed by atoms with Crippen molar-refractivity contribution < 1.29 is 19.2 Å². The number of hydrogen-bond donors (Lipinski definition) is 1. The van der Waals surface area contributed by atoms with E-state index in [1.54, 1.807) is 0 Å². The average molecular weight is 268 g/mol. The van der Waals surface area contributed by atoms with Gasteiger partial charge in [-0.15, -0.1) is 0 Å². The topological polar surface area (TPSA) is 85.5 Å². The summed E-state index contributed by atoms with van der Waals surface area (Å²) >= 11 is 0. The van der Waals surface area contributed by atoms with E-state index in [4.69, 9.17) is 14.4 Å². The highest BCUT2D eigenvalue weighted by atomic mass is 16.5. The Labute approximate surface area is 112 Å². The number of ether oxygens (including phenoxy) is 1. The van der Waals surface area contributed by atoms with Crippen LogP contribution in [0, 0.1) is 11.8 Å². The highest BCUT2D eigenvalue weighted by molar-refractivity contribution is 5.66. The van der Waals surface area contributed by atoms with E-state index in [1.807, 2.05) is 13.8 Å². The largest absolute Gasteiger partial charge is 0.481 e. The second-order valence-electron chi connectivity index (χ2n) is 5.17. The van der Waals surface area contributed by atoms with Gasteiger partial charge in [-0.05, 0) is 31.6 Å². The average Bonchev–Trinajstić information content (AvgIpc) is 3.06. The van der Waals surface area contributed by atoms with Crippen LogP contribution >= 0.6 is 0 Å². The molecule has 1 fully saturated rings. The summed E-state index contributed by atoms with van der Waals surface area (Å²) in [5.41, 5.74) is 0. The molecular formula is C13H20N2O4. The van der Waals surface area contributed by atoms with Crippen molar-refractivity contribution in [2.75, 3.05) is 6.61 Å². The molecule has 19 heavy (non-hydrogen) atoms. The summed E-state index contributed by atoms with van der Waals surface area (Å²) < 4.78 is 10.8. The Morgan fingerprint density at radius 2 is 2.32 bits per heavy atom. The number of carbonyl (C=O) groups is 1. The van der Waals surface area contributed by atoms with Crippen molar-refractivity contribution in [1.82, 2.24) is 10.1 Å². The lowest BCUT2D eigenvalue weighted by Gasteiger charge is -2.11. The molecule has 1 aromatic rings. The first kappa shape index (κ1) is 14.0. The molecule has 1 saturated carbocycles. The second-order valence-corrected chi connectivity index (χ2v) is 5.17. The van der Waals surface area contributed by atoms with E-state index in [1.165, 1.54) is 0 Å². The predicted octanol–water partition coefficient (Wildman–Crippen LogP) is 2.21. The van der Waals surface area contributed by atoms with Gasteiger partial charge >= 0.3 is 5.97 Å². The minimum atomic E-state index is -0.808. The van der Waals surface area contributed by atoms with Crippen LogP contribution in [0.5, 0.6) is 0 Å². The Kier molecular flexibility index (Phi) is 4.52. The maximum Gasteiger partial charge on any atom is 0.303 e. The van der Waals surface area contributed by atoms with Gasteiger partial charge in [-0.1, -0.05) is 12.1 Å². The first-order valence-corrected chi connectivity index (χ1v) is 6.76. The number of aromatic nitrogens is 2. The molecule has 0 saturated heterocycles. The number of carboxylic acid groups (broad SMARTS) is 1. The minimum Gasteiger partial charge on any atom is -0.481 e. The van der Waals surface area contributed by atoms with Crippen LogP contribution in [0.4, 0.5) is 0 Å². The fourth-order valence-corrected chi connectivity index (χ4v) is 2.13. The van der Waals surface area contributed by atoms with Crippen molar-refractivity contribution in [2.24, 2.45) is 11.8 Å². The molecule has 0 aliphatic heterocycles. The molecule has 0 bridgehead atoms. The molecule has 6 heteroatoms. The van der Waals surface area contributed by atoms with Gasteiger partial charge in [0.15, 0.2) is 0 Å². The standard InChI is InChI=1S/C13H20N2O4/c1-3-18-12(9-4-5-9)13-14-10(19-15-13)6-8(2)7-11(16)17/h8-9,12H,3-7H2,1-2H3,(H,16,17). The Morgan fingerprint density at radius 3 is 2.89 bits per heavy atom. The van der Waals surface area contributed by atoms with E-state index in [0.717, 1.165) is 12.8 Å². The maximum absolute atomic E-state index is 10.6. The van der Waals surface area contributed by atoms with Gasteiger partial charge in [-0.2, -0.15) is 4.98 Å².